The van der Waals surface area contributed by atoms with Gasteiger partial charge in [-0.2, -0.15) is 0 Å². The molecule has 1 aromatic carbocycles. The zero-order valence-corrected chi connectivity index (χ0v) is 12.0. The van der Waals surface area contributed by atoms with Crippen molar-refractivity contribution in [3.8, 4) is 0 Å². The van der Waals surface area contributed by atoms with Gasteiger partial charge in [-0.25, -0.2) is 4.98 Å². The lowest BCUT2D eigenvalue weighted by Crippen LogP contribution is -2.24. The fraction of sp³-hybridized carbons (Fsp3) is 0.231. The van der Waals surface area contributed by atoms with Crippen molar-refractivity contribution in [3.05, 3.63) is 44.9 Å². The van der Waals surface area contributed by atoms with Crippen LogP contribution in [0.4, 0.5) is 5.69 Å². The van der Waals surface area contributed by atoms with Gasteiger partial charge >= 0.3 is 0 Å². The van der Waals surface area contributed by atoms with E-state index >= 15 is 0 Å². The molecular formula is C13H14ClN3OS. The van der Waals surface area contributed by atoms with E-state index in [-0.39, 0.29) is 5.91 Å². The number of hydrogen-bond donors (Lipinski definition) is 2. The molecule has 0 unspecified atom stereocenters. The maximum atomic E-state index is 12.0. The van der Waals surface area contributed by atoms with Crippen LogP contribution in [0.15, 0.2) is 24.4 Å². The Morgan fingerprint density at radius 1 is 1.53 bits per heavy atom. The molecule has 1 amide bonds. The average Bonchev–Trinajstić information content (AvgIpc) is 2.84. The largest absolute Gasteiger partial charge is 0.398 e. The average molecular weight is 296 g/mol. The second-order valence-corrected chi connectivity index (χ2v) is 5.57. The number of anilines is 1. The van der Waals surface area contributed by atoms with Gasteiger partial charge in [0.25, 0.3) is 5.91 Å². The number of aryl methyl sites for hydroxylation is 1. The number of benzene rings is 1. The molecule has 6 heteroatoms. The predicted octanol–water partition coefficient (Wildman–Crippen LogP) is 2.87. The summed E-state index contributed by atoms with van der Waals surface area (Å²) in [4.78, 5) is 17.5. The van der Waals surface area contributed by atoms with Gasteiger partial charge in [-0.15, -0.1) is 11.3 Å². The molecule has 0 saturated carbocycles. The molecule has 2 aromatic rings. The molecule has 0 aliphatic rings. The smallest absolute Gasteiger partial charge is 0.255 e. The first kappa shape index (κ1) is 13.8. The highest BCUT2D eigenvalue weighted by Gasteiger charge is 2.13. The third kappa shape index (κ3) is 3.24. The van der Waals surface area contributed by atoms with E-state index in [9.17, 15) is 4.79 Å². The summed E-state index contributed by atoms with van der Waals surface area (Å²) in [5.41, 5.74) is 6.45. The maximum Gasteiger partial charge on any atom is 0.255 e. The fourth-order valence-corrected chi connectivity index (χ4v) is 2.69. The molecule has 1 heterocycles. The van der Waals surface area contributed by atoms with E-state index in [0.29, 0.717) is 22.8 Å². The highest BCUT2D eigenvalue weighted by atomic mass is 35.5. The first-order valence-electron chi connectivity index (χ1n) is 5.87. The van der Waals surface area contributed by atoms with E-state index in [2.05, 4.69) is 17.2 Å². The first-order chi connectivity index (χ1) is 9.11. The molecule has 0 spiro atoms. The molecule has 0 aliphatic carbocycles. The Morgan fingerprint density at radius 2 is 2.32 bits per heavy atom. The third-order valence-electron chi connectivity index (χ3n) is 2.62. The van der Waals surface area contributed by atoms with Crippen molar-refractivity contribution in [2.75, 3.05) is 5.73 Å². The number of amides is 1. The lowest BCUT2D eigenvalue weighted by Gasteiger charge is -2.07. The van der Waals surface area contributed by atoms with Gasteiger partial charge < -0.3 is 11.1 Å². The van der Waals surface area contributed by atoms with Crippen LogP contribution < -0.4 is 11.1 Å². The number of hydrogen-bond acceptors (Lipinski definition) is 4. The van der Waals surface area contributed by atoms with Crippen LogP contribution in [0.1, 0.15) is 27.2 Å². The second kappa shape index (κ2) is 6.04. The Hall–Kier alpha value is -1.59. The molecule has 19 heavy (non-hydrogen) atoms. The summed E-state index contributed by atoms with van der Waals surface area (Å²) in [6, 6.07) is 5.01. The van der Waals surface area contributed by atoms with Crippen molar-refractivity contribution < 1.29 is 4.79 Å². The minimum Gasteiger partial charge on any atom is -0.398 e. The van der Waals surface area contributed by atoms with E-state index in [1.165, 1.54) is 4.88 Å². The number of nitrogens with zero attached hydrogens (tertiary/aromatic N) is 1. The summed E-state index contributed by atoms with van der Waals surface area (Å²) in [7, 11) is 0. The van der Waals surface area contributed by atoms with Crippen LogP contribution in [0.25, 0.3) is 0 Å². The number of carbonyl (C=O) groups excluding carboxylic acids is 1. The molecule has 0 radical (unpaired) electrons. The topological polar surface area (TPSA) is 68.0 Å². The fourth-order valence-electron chi connectivity index (χ4n) is 1.62. The number of nitrogens with two attached hydrogens (primary N) is 1. The van der Waals surface area contributed by atoms with E-state index in [0.717, 1.165) is 11.4 Å². The Kier molecular flexibility index (Phi) is 4.39. The molecule has 0 saturated heterocycles. The predicted molar refractivity (Wildman–Crippen MR) is 78.5 cm³/mol. The normalized spacial score (nSPS) is 10.4. The number of nitrogen functional groups attached to an aromatic ring is 1. The number of aromatic nitrogens is 1. The van der Waals surface area contributed by atoms with Gasteiger partial charge in [0, 0.05) is 16.8 Å². The number of nitrogens with one attached hydrogen (secondary N) is 1. The molecule has 1 aromatic heterocycles. The lowest BCUT2D eigenvalue weighted by molar-refractivity contribution is 0.0952. The molecule has 4 nitrogen and oxygen atoms in total. The van der Waals surface area contributed by atoms with Crippen molar-refractivity contribution in [2.45, 2.75) is 19.9 Å². The van der Waals surface area contributed by atoms with E-state index in [4.69, 9.17) is 17.3 Å². The quantitative estimate of drug-likeness (QED) is 0.852. The molecule has 2 rings (SSSR count). The van der Waals surface area contributed by atoms with Crippen molar-refractivity contribution in [3.63, 3.8) is 0 Å². The Balaban J connectivity index is 2.05. The maximum absolute atomic E-state index is 12.0. The number of rotatable bonds is 4. The molecule has 0 fully saturated rings. The van der Waals surface area contributed by atoms with Crippen LogP contribution in [-0.2, 0) is 13.0 Å². The Labute approximate surface area is 120 Å². The van der Waals surface area contributed by atoms with Crippen molar-refractivity contribution in [2.24, 2.45) is 0 Å². The van der Waals surface area contributed by atoms with Gasteiger partial charge in [-0.05, 0) is 18.6 Å². The van der Waals surface area contributed by atoms with Crippen molar-refractivity contribution >= 4 is 34.5 Å². The number of thiazole rings is 1. The van der Waals surface area contributed by atoms with Crippen LogP contribution in [0.2, 0.25) is 5.02 Å². The van der Waals surface area contributed by atoms with Gasteiger partial charge in [-0.3, -0.25) is 4.79 Å². The standard InChI is InChI=1S/C13H14ClN3OS/c1-2-8-6-16-11(19-8)7-17-13(18)12-9(14)4-3-5-10(12)15/h3-6H,2,7,15H2,1H3,(H,17,18). The van der Waals surface area contributed by atoms with Crippen LogP contribution in [0.5, 0.6) is 0 Å². The van der Waals surface area contributed by atoms with Gasteiger partial charge in [0.1, 0.15) is 5.01 Å². The zero-order valence-electron chi connectivity index (χ0n) is 10.4. The summed E-state index contributed by atoms with van der Waals surface area (Å²) in [5, 5.41) is 4.00. The van der Waals surface area contributed by atoms with E-state index in [1.807, 2.05) is 6.20 Å². The second-order valence-electron chi connectivity index (χ2n) is 3.96. The summed E-state index contributed by atoms with van der Waals surface area (Å²) < 4.78 is 0. The van der Waals surface area contributed by atoms with Crippen molar-refractivity contribution in [1.29, 1.82) is 0 Å². The molecular weight excluding hydrogens is 282 g/mol. The summed E-state index contributed by atoms with van der Waals surface area (Å²) in [5.74, 6) is -0.281. The summed E-state index contributed by atoms with van der Waals surface area (Å²) in [6.45, 7) is 2.45. The summed E-state index contributed by atoms with van der Waals surface area (Å²) >= 11 is 7.57. The SMILES string of the molecule is CCc1cnc(CNC(=O)c2c(N)cccc2Cl)s1. The van der Waals surface area contributed by atoms with E-state index < -0.39 is 0 Å². The zero-order chi connectivity index (χ0) is 13.8. The minimum atomic E-state index is -0.281. The first-order valence-corrected chi connectivity index (χ1v) is 7.07. The Bertz CT molecular complexity index is 577. The van der Waals surface area contributed by atoms with Gasteiger partial charge in [-0.1, -0.05) is 24.6 Å². The molecule has 100 valence electrons. The van der Waals surface area contributed by atoms with Crippen LogP contribution >= 0.6 is 22.9 Å². The molecule has 0 aliphatic heterocycles. The van der Waals surface area contributed by atoms with Gasteiger partial charge in [0.15, 0.2) is 0 Å². The van der Waals surface area contributed by atoms with Crippen LogP contribution in [-0.4, -0.2) is 10.9 Å². The minimum absolute atomic E-state index is 0.281. The van der Waals surface area contributed by atoms with Crippen LogP contribution in [0.3, 0.4) is 0 Å². The van der Waals surface area contributed by atoms with Gasteiger partial charge in [0.05, 0.1) is 17.1 Å². The van der Waals surface area contributed by atoms with Crippen molar-refractivity contribution in [1.82, 2.24) is 10.3 Å². The molecule has 0 bridgehead atoms. The highest BCUT2D eigenvalue weighted by molar-refractivity contribution is 7.11. The molecule has 3 N–H and O–H groups in total. The highest BCUT2D eigenvalue weighted by Crippen LogP contribution is 2.22. The number of carbonyl (C=O) groups is 1. The van der Waals surface area contributed by atoms with E-state index in [1.54, 1.807) is 29.5 Å². The van der Waals surface area contributed by atoms with Crippen LogP contribution in [0, 0.1) is 0 Å². The Morgan fingerprint density at radius 3 is 2.95 bits per heavy atom. The molecule has 0 atom stereocenters. The summed E-state index contributed by atoms with van der Waals surface area (Å²) in [6.07, 6.45) is 2.78. The third-order valence-corrected chi connectivity index (χ3v) is 4.08. The van der Waals surface area contributed by atoms with Gasteiger partial charge in [0.2, 0.25) is 0 Å². The monoisotopic (exact) mass is 295 g/mol. The number of halogens is 1. The lowest BCUT2D eigenvalue weighted by atomic mass is 10.1.